The number of alkyl halides is 4. The van der Waals surface area contributed by atoms with E-state index in [0.717, 1.165) is 0 Å². The second-order valence-electron chi connectivity index (χ2n) is 3.49. The number of esters is 1. The largest absolute Gasteiger partial charge is 0.462 e. The van der Waals surface area contributed by atoms with Crippen LogP contribution in [0.25, 0.3) is 0 Å². The van der Waals surface area contributed by atoms with E-state index in [2.05, 4.69) is 0 Å². The minimum atomic E-state index is -4.58. The third kappa shape index (κ3) is 4.05. The molecule has 1 aromatic carbocycles. The molecule has 108 valence electrons. The molecule has 0 bridgehead atoms. The fourth-order valence-electron chi connectivity index (χ4n) is 1.45. The number of ether oxygens (including phenoxy) is 1. The number of benzene rings is 1. The molecule has 0 unspecified atom stereocenters. The summed E-state index contributed by atoms with van der Waals surface area (Å²) in [6, 6.07) is 4.15. The fraction of sp³-hybridized carbons (Fsp3) is 0.333. The van der Waals surface area contributed by atoms with Crippen molar-refractivity contribution < 1.29 is 22.7 Å². The molecule has 20 heavy (non-hydrogen) atoms. The zero-order chi connectivity index (χ0) is 15.3. The molecule has 0 atom stereocenters. The average molecular weight is 324 g/mol. The molecular formula is C12H9ClF3NO2S. The lowest BCUT2D eigenvalue weighted by Crippen LogP contribution is -2.10. The molecular weight excluding hydrogens is 315 g/mol. The quantitative estimate of drug-likeness (QED) is 0.476. The predicted octanol–water partition coefficient (Wildman–Crippen LogP) is 4.09. The second kappa shape index (κ2) is 6.86. The summed E-state index contributed by atoms with van der Waals surface area (Å²) in [6.07, 6.45) is 0. The Labute approximate surface area is 122 Å². The Bertz CT molecular complexity index is 555. The first-order valence-corrected chi connectivity index (χ1v) is 6.74. The lowest BCUT2D eigenvalue weighted by atomic mass is 10.1. The number of halogens is 4. The van der Waals surface area contributed by atoms with Crippen molar-refractivity contribution in [1.82, 2.24) is 0 Å². The molecule has 0 spiro atoms. The topological polar surface area (TPSA) is 50.1 Å². The zero-order valence-corrected chi connectivity index (χ0v) is 11.8. The molecule has 0 saturated carbocycles. The van der Waals surface area contributed by atoms with Crippen LogP contribution in [0.4, 0.5) is 13.2 Å². The van der Waals surface area contributed by atoms with E-state index in [1.165, 1.54) is 12.1 Å². The normalized spacial score (nSPS) is 11.0. The number of nitriles is 1. The smallest absolute Gasteiger partial charge is 0.446 e. The van der Waals surface area contributed by atoms with E-state index in [1.807, 2.05) is 0 Å². The van der Waals surface area contributed by atoms with Gasteiger partial charge in [-0.2, -0.15) is 18.4 Å². The number of hydrogen-bond donors (Lipinski definition) is 0. The number of hydrogen-bond acceptors (Lipinski definition) is 4. The van der Waals surface area contributed by atoms with Crippen LogP contribution < -0.4 is 0 Å². The van der Waals surface area contributed by atoms with E-state index >= 15 is 0 Å². The summed E-state index contributed by atoms with van der Waals surface area (Å²) in [5, 5.41) is 9.05. The van der Waals surface area contributed by atoms with Crippen molar-refractivity contribution in [3.63, 3.8) is 0 Å². The van der Waals surface area contributed by atoms with Crippen LogP contribution in [-0.2, 0) is 10.6 Å². The first-order chi connectivity index (χ1) is 9.34. The SMILES string of the molecule is CCOC(=O)c1ccc(CCl)c(SC(F)(F)F)c1C#N. The van der Waals surface area contributed by atoms with Crippen molar-refractivity contribution in [2.45, 2.75) is 23.2 Å². The van der Waals surface area contributed by atoms with Gasteiger partial charge >= 0.3 is 11.5 Å². The molecule has 0 amide bonds. The number of thioether (sulfide) groups is 1. The van der Waals surface area contributed by atoms with E-state index in [0.29, 0.717) is 0 Å². The summed E-state index contributed by atoms with van der Waals surface area (Å²) in [5.41, 5.74) is -5.02. The Morgan fingerprint density at radius 1 is 1.50 bits per heavy atom. The molecule has 0 aromatic heterocycles. The van der Waals surface area contributed by atoms with E-state index in [1.54, 1.807) is 13.0 Å². The molecule has 0 aliphatic heterocycles. The minimum Gasteiger partial charge on any atom is -0.462 e. The number of rotatable bonds is 4. The van der Waals surface area contributed by atoms with Crippen LogP contribution in [0.2, 0.25) is 0 Å². The Morgan fingerprint density at radius 2 is 2.15 bits per heavy atom. The van der Waals surface area contributed by atoms with E-state index in [4.69, 9.17) is 21.6 Å². The van der Waals surface area contributed by atoms with Crippen molar-refractivity contribution >= 4 is 29.3 Å². The van der Waals surface area contributed by atoms with Gasteiger partial charge in [0.2, 0.25) is 0 Å². The lowest BCUT2D eigenvalue weighted by Gasteiger charge is -2.13. The van der Waals surface area contributed by atoms with Crippen LogP contribution in [0.5, 0.6) is 0 Å². The van der Waals surface area contributed by atoms with E-state index < -0.39 is 23.2 Å². The summed E-state index contributed by atoms with van der Waals surface area (Å²) < 4.78 is 42.4. The van der Waals surface area contributed by atoms with Crippen LogP contribution in [-0.4, -0.2) is 18.1 Å². The van der Waals surface area contributed by atoms with Crippen molar-refractivity contribution in [2.24, 2.45) is 0 Å². The van der Waals surface area contributed by atoms with Gasteiger partial charge in [0.1, 0.15) is 6.07 Å². The van der Waals surface area contributed by atoms with Crippen LogP contribution in [0.1, 0.15) is 28.4 Å². The fourth-order valence-corrected chi connectivity index (χ4v) is 2.52. The van der Waals surface area contributed by atoms with Crippen LogP contribution >= 0.6 is 23.4 Å². The van der Waals surface area contributed by atoms with E-state index in [9.17, 15) is 18.0 Å². The molecule has 0 saturated heterocycles. The van der Waals surface area contributed by atoms with E-state index in [-0.39, 0.29) is 34.1 Å². The highest BCUT2D eigenvalue weighted by atomic mass is 35.5. The Kier molecular flexibility index (Phi) is 5.72. The number of carbonyl (C=O) groups excluding carboxylic acids is 1. The molecule has 0 N–H and O–H groups in total. The molecule has 0 heterocycles. The Hall–Kier alpha value is -1.39. The number of nitrogens with zero attached hydrogens (tertiary/aromatic N) is 1. The molecule has 0 aliphatic carbocycles. The van der Waals surface area contributed by atoms with Gasteiger partial charge < -0.3 is 4.74 Å². The van der Waals surface area contributed by atoms with Crippen molar-refractivity contribution in [2.75, 3.05) is 6.61 Å². The van der Waals surface area contributed by atoms with Crippen LogP contribution in [0.3, 0.4) is 0 Å². The third-order valence-electron chi connectivity index (χ3n) is 2.21. The van der Waals surface area contributed by atoms with Crippen LogP contribution in [0.15, 0.2) is 17.0 Å². The molecule has 0 aliphatic rings. The first kappa shape index (κ1) is 16.7. The second-order valence-corrected chi connectivity index (χ2v) is 4.83. The molecule has 3 nitrogen and oxygen atoms in total. The zero-order valence-electron chi connectivity index (χ0n) is 10.3. The van der Waals surface area contributed by atoms with Gasteiger partial charge in [-0.15, -0.1) is 11.6 Å². The molecule has 1 rings (SSSR count). The average Bonchev–Trinajstić information content (AvgIpc) is 2.36. The highest BCUT2D eigenvalue weighted by Crippen LogP contribution is 2.41. The van der Waals surface area contributed by atoms with Crippen LogP contribution in [0, 0.1) is 11.3 Å². The van der Waals surface area contributed by atoms with Gasteiger partial charge in [-0.3, -0.25) is 0 Å². The van der Waals surface area contributed by atoms with Crippen molar-refractivity contribution in [3.05, 3.63) is 28.8 Å². The maximum atomic E-state index is 12.5. The third-order valence-corrected chi connectivity index (χ3v) is 3.40. The van der Waals surface area contributed by atoms with Crippen molar-refractivity contribution in [1.29, 1.82) is 5.26 Å². The van der Waals surface area contributed by atoms with Gasteiger partial charge in [-0.05, 0) is 30.3 Å². The van der Waals surface area contributed by atoms with Gasteiger partial charge in [-0.1, -0.05) is 6.07 Å². The summed E-state index contributed by atoms with van der Waals surface area (Å²) >= 11 is 5.11. The highest BCUT2D eigenvalue weighted by molar-refractivity contribution is 8.00. The van der Waals surface area contributed by atoms with Gasteiger partial charge in [0.05, 0.1) is 17.7 Å². The summed E-state index contributed by atoms with van der Waals surface area (Å²) in [4.78, 5) is 11.3. The Morgan fingerprint density at radius 3 is 2.60 bits per heavy atom. The van der Waals surface area contributed by atoms with Gasteiger partial charge in [0.15, 0.2) is 0 Å². The predicted molar refractivity (Wildman–Crippen MR) is 68.6 cm³/mol. The number of carbonyl (C=O) groups is 1. The van der Waals surface area contributed by atoms with Crippen molar-refractivity contribution in [3.8, 4) is 6.07 Å². The summed E-state index contributed by atoms with van der Waals surface area (Å²) in [6.45, 7) is 1.62. The van der Waals surface area contributed by atoms with Gasteiger partial charge in [0.25, 0.3) is 0 Å². The highest BCUT2D eigenvalue weighted by Gasteiger charge is 2.33. The Balaban J connectivity index is 3.41. The molecule has 1 aromatic rings. The standard InChI is InChI=1S/C12H9ClF3NO2S/c1-2-19-11(18)8-4-3-7(5-13)10(9(8)6-17)20-12(14,15)16/h3-4H,2,5H2,1H3. The summed E-state index contributed by atoms with van der Waals surface area (Å²) in [5.74, 6) is -1.04. The maximum absolute atomic E-state index is 12.5. The first-order valence-electron chi connectivity index (χ1n) is 5.38. The summed E-state index contributed by atoms with van der Waals surface area (Å²) in [7, 11) is 0. The van der Waals surface area contributed by atoms with Gasteiger partial charge in [-0.25, -0.2) is 4.79 Å². The molecule has 0 fully saturated rings. The van der Waals surface area contributed by atoms with Gasteiger partial charge in [0, 0.05) is 10.8 Å². The minimum absolute atomic E-state index is 0.0582. The molecule has 8 heteroatoms. The molecule has 0 radical (unpaired) electrons. The maximum Gasteiger partial charge on any atom is 0.446 e. The lowest BCUT2D eigenvalue weighted by molar-refractivity contribution is -0.0328. The monoisotopic (exact) mass is 323 g/mol.